The Kier molecular flexibility index (Phi) is 2.28. The maximum Gasteiger partial charge on any atom is 0.185 e. The molecule has 0 radical (unpaired) electrons. The monoisotopic (exact) mass is 218 g/mol. The molecule has 0 aliphatic carbocycles. The number of sulfone groups is 1. The lowest BCUT2D eigenvalue weighted by molar-refractivity contribution is 0.207. The topological polar surface area (TPSA) is 86.7 Å². The second-order valence-electron chi connectivity index (χ2n) is 3.47. The van der Waals surface area contributed by atoms with Crippen molar-refractivity contribution >= 4 is 9.84 Å². The van der Waals surface area contributed by atoms with E-state index in [1.54, 1.807) is 11.2 Å². The molecule has 0 saturated carbocycles. The molecule has 0 atom stereocenters. The van der Waals surface area contributed by atoms with Crippen LogP contribution in [0.15, 0.2) is 12.1 Å². The van der Waals surface area contributed by atoms with Crippen molar-refractivity contribution < 1.29 is 13.3 Å². The van der Waals surface area contributed by atoms with Crippen molar-refractivity contribution in [1.29, 1.82) is 0 Å². The molecule has 1 saturated heterocycles. The standard InChI is InChI=1S/C7H12N3O3S/c8-7-5-10(9-13-7)6-1-3-14(11,12)4-2-6/h5-6H,1-4,8H2/q-1. The molecular formula is C7H12N3O3S-. The van der Waals surface area contributed by atoms with Crippen molar-refractivity contribution in [2.45, 2.75) is 18.9 Å². The summed E-state index contributed by atoms with van der Waals surface area (Å²) < 4.78 is 22.3. The first-order chi connectivity index (χ1) is 6.57. The Balaban J connectivity index is 1.96. The van der Waals surface area contributed by atoms with Gasteiger partial charge in [0.1, 0.15) is 9.84 Å². The van der Waals surface area contributed by atoms with Crippen molar-refractivity contribution in [3.63, 3.8) is 0 Å². The average Bonchev–Trinajstić information content (AvgIpc) is 2.52. The molecule has 14 heavy (non-hydrogen) atoms. The van der Waals surface area contributed by atoms with E-state index in [9.17, 15) is 8.42 Å². The second-order valence-corrected chi connectivity index (χ2v) is 5.77. The molecule has 0 aromatic heterocycles. The van der Waals surface area contributed by atoms with Crippen LogP contribution < -0.4 is 5.73 Å². The van der Waals surface area contributed by atoms with E-state index < -0.39 is 9.84 Å². The van der Waals surface area contributed by atoms with Gasteiger partial charge in [-0.3, -0.25) is 0 Å². The Labute approximate surface area is 82.5 Å². The van der Waals surface area contributed by atoms with Crippen LogP contribution in [0, 0.1) is 0 Å². The zero-order valence-corrected chi connectivity index (χ0v) is 8.40. The summed E-state index contributed by atoms with van der Waals surface area (Å²) in [6.07, 6.45) is 2.75. The highest BCUT2D eigenvalue weighted by Crippen LogP contribution is 2.25. The van der Waals surface area contributed by atoms with E-state index >= 15 is 0 Å². The first-order valence-corrected chi connectivity index (χ1v) is 6.23. The normalized spacial score (nSPS) is 27.1. The molecule has 0 bridgehead atoms. The molecule has 2 aliphatic heterocycles. The van der Waals surface area contributed by atoms with Crippen LogP contribution in [0.4, 0.5) is 0 Å². The maximum atomic E-state index is 11.2. The Hall–Kier alpha value is -0.950. The van der Waals surface area contributed by atoms with Gasteiger partial charge in [0, 0.05) is 12.2 Å². The summed E-state index contributed by atoms with van der Waals surface area (Å²) in [5.41, 5.74) is 9.08. The van der Waals surface area contributed by atoms with Crippen molar-refractivity contribution in [3.05, 3.63) is 17.7 Å². The van der Waals surface area contributed by atoms with Crippen LogP contribution in [0.5, 0.6) is 0 Å². The van der Waals surface area contributed by atoms with Crippen LogP contribution in [0.3, 0.4) is 0 Å². The van der Waals surface area contributed by atoms with E-state index in [2.05, 4.69) is 5.59 Å². The summed E-state index contributed by atoms with van der Waals surface area (Å²) >= 11 is 0. The van der Waals surface area contributed by atoms with Crippen molar-refractivity contribution in [2.24, 2.45) is 5.73 Å². The zero-order chi connectivity index (χ0) is 10.2. The van der Waals surface area contributed by atoms with Gasteiger partial charge in [0.25, 0.3) is 0 Å². The number of rotatable bonds is 1. The minimum Gasteiger partial charge on any atom is -0.557 e. The summed E-state index contributed by atoms with van der Waals surface area (Å²) in [6.45, 7) is 0. The highest BCUT2D eigenvalue weighted by Gasteiger charge is 2.25. The number of hydrogen-bond donors (Lipinski definition) is 1. The molecule has 0 unspecified atom stereocenters. The maximum absolute atomic E-state index is 11.2. The number of nitrogens with two attached hydrogens (primary N) is 1. The van der Waals surface area contributed by atoms with Crippen LogP contribution in [-0.2, 0) is 14.7 Å². The van der Waals surface area contributed by atoms with Gasteiger partial charge in [0.05, 0.1) is 11.5 Å². The van der Waals surface area contributed by atoms with Crippen LogP contribution in [0.1, 0.15) is 12.8 Å². The van der Waals surface area contributed by atoms with Crippen LogP contribution in [0.2, 0.25) is 0 Å². The molecule has 2 aliphatic rings. The van der Waals surface area contributed by atoms with Gasteiger partial charge in [-0.1, -0.05) is 0 Å². The third-order valence-corrected chi connectivity index (χ3v) is 4.11. The summed E-state index contributed by atoms with van der Waals surface area (Å²) in [7, 11) is -2.82. The molecule has 2 N–H and O–H groups in total. The van der Waals surface area contributed by atoms with Crippen molar-refractivity contribution in [3.8, 4) is 0 Å². The van der Waals surface area contributed by atoms with E-state index in [1.807, 2.05) is 0 Å². The van der Waals surface area contributed by atoms with E-state index in [0.717, 1.165) is 0 Å². The van der Waals surface area contributed by atoms with Gasteiger partial charge in [0.2, 0.25) is 0 Å². The summed E-state index contributed by atoms with van der Waals surface area (Å²) in [4.78, 5) is 4.71. The SMILES string of the molecule is NC1=CN(C2CCS(=O)(=O)CC2)[N-]O1. The minimum atomic E-state index is -2.82. The Morgan fingerprint density at radius 1 is 1.50 bits per heavy atom. The smallest absolute Gasteiger partial charge is 0.185 e. The predicted molar refractivity (Wildman–Crippen MR) is 50.2 cm³/mol. The molecule has 2 rings (SSSR count). The molecular weight excluding hydrogens is 206 g/mol. The highest BCUT2D eigenvalue weighted by molar-refractivity contribution is 7.91. The molecule has 80 valence electrons. The fourth-order valence-corrected chi connectivity index (χ4v) is 3.05. The van der Waals surface area contributed by atoms with E-state index in [0.29, 0.717) is 12.8 Å². The van der Waals surface area contributed by atoms with Crippen molar-refractivity contribution in [1.82, 2.24) is 5.01 Å². The van der Waals surface area contributed by atoms with Gasteiger partial charge < -0.3 is 21.2 Å². The zero-order valence-electron chi connectivity index (χ0n) is 7.59. The van der Waals surface area contributed by atoms with Gasteiger partial charge in [-0.05, 0) is 12.8 Å². The van der Waals surface area contributed by atoms with Gasteiger partial charge in [-0.25, -0.2) is 8.42 Å². The van der Waals surface area contributed by atoms with E-state index in [1.165, 1.54) is 0 Å². The lowest BCUT2D eigenvalue weighted by atomic mass is 10.1. The summed E-state index contributed by atoms with van der Waals surface area (Å²) in [6, 6.07) is 0.0968. The number of nitrogens with zero attached hydrogens (tertiary/aromatic N) is 2. The quantitative estimate of drug-likeness (QED) is 0.661. The largest absolute Gasteiger partial charge is 0.557 e. The van der Waals surface area contributed by atoms with E-state index in [4.69, 9.17) is 10.6 Å². The lowest BCUT2D eigenvalue weighted by Gasteiger charge is -2.38. The fraction of sp³-hybridized carbons (Fsp3) is 0.714. The fourth-order valence-electron chi connectivity index (χ4n) is 1.59. The van der Waals surface area contributed by atoms with Gasteiger partial charge >= 0.3 is 0 Å². The van der Waals surface area contributed by atoms with Crippen molar-refractivity contribution in [2.75, 3.05) is 11.5 Å². The minimum absolute atomic E-state index is 0.0968. The first kappa shape index (κ1) is 9.60. The number of hydrogen-bond acceptors (Lipinski definition) is 5. The Bertz CT molecular complexity index is 337. The Morgan fingerprint density at radius 3 is 2.64 bits per heavy atom. The molecule has 0 spiro atoms. The molecule has 7 heteroatoms. The van der Waals surface area contributed by atoms with Crippen LogP contribution >= 0.6 is 0 Å². The Morgan fingerprint density at radius 2 is 2.14 bits per heavy atom. The summed E-state index contributed by atoms with van der Waals surface area (Å²) in [5, 5.41) is 1.60. The van der Waals surface area contributed by atoms with E-state index in [-0.39, 0.29) is 23.4 Å². The third kappa shape index (κ3) is 1.93. The molecule has 6 nitrogen and oxygen atoms in total. The second kappa shape index (κ2) is 3.32. The lowest BCUT2D eigenvalue weighted by Crippen LogP contribution is -2.35. The summed E-state index contributed by atoms with van der Waals surface area (Å²) in [5.74, 6) is 0.688. The molecule has 0 amide bonds. The van der Waals surface area contributed by atoms with Crippen LogP contribution in [-0.4, -0.2) is 31.0 Å². The molecule has 1 fully saturated rings. The van der Waals surface area contributed by atoms with Gasteiger partial charge in [-0.2, -0.15) is 0 Å². The molecule has 2 heterocycles. The molecule has 0 aromatic rings. The van der Waals surface area contributed by atoms with Crippen LogP contribution in [0.25, 0.3) is 5.59 Å². The first-order valence-electron chi connectivity index (χ1n) is 4.41. The highest BCUT2D eigenvalue weighted by atomic mass is 32.2. The predicted octanol–water partition coefficient (Wildman–Crippen LogP) is -0.143. The third-order valence-electron chi connectivity index (χ3n) is 2.40. The van der Waals surface area contributed by atoms with Gasteiger partial charge in [-0.15, -0.1) is 0 Å². The van der Waals surface area contributed by atoms with Gasteiger partial charge in [0.15, 0.2) is 5.88 Å². The average molecular weight is 218 g/mol. The molecule has 0 aromatic carbocycles.